The van der Waals surface area contributed by atoms with Crippen molar-refractivity contribution in [1.29, 1.82) is 0 Å². The number of pyridine rings is 1. The van der Waals surface area contributed by atoms with E-state index in [0.717, 1.165) is 50.6 Å². The molecule has 0 atom stereocenters. The molecule has 0 saturated heterocycles. The second kappa shape index (κ2) is 10.8. The van der Waals surface area contributed by atoms with E-state index in [2.05, 4.69) is 94.1 Å². The van der Waals surface area contributed by atoms with Crippen LogP contribution in [0.15, 0.2) is 152 Å². The molecule has 200 valence electrons. The third-order valence-corrected chi connectivity index (χ3v) is 7.67. The fourth-order valence-electron chi connectivity index (χ4n) is 5.54. The van der Waals surface area contributed by atoms with Gasteiger partial charge in [0.15, 0.2) is 11.3 Å². The number of fused-ring (bicyclic) bond motifs is 1. The van der Waals surface area contributed by atoms with Crippen LogP contribution < -0.4 is 4.57 Å². The lowest BCUT2D eigenvalue weighted by atomic mass is 9.99. The highest BCUT2D eigenvalue weighted by atomic mass is 16.1. The molecule has 4 heteroatoms. The Kier molecular flexibility index (Phi) is 6.49. The SMILES string of the molecule is Cn1c(-[n+]2c(-c3ccccc3)cc(-c3ccccc3)cc2-c2ccccc2)nc2cc(C(=O)c3ccccc3)ccc21. The van der Waals surface area contributed by atoms with E-state index < -0.39 is 0 Å². The van der Waals surface area contributed by atoms with Crippen LogP contribution in [0.2, 0.25) is 0 Å². The first kappa shape index (κ1) is 25.4. The molecule has 2 heterocycles. The van der Waals surface area contributed by atoms with Crippen LogP contribution in [-0.2, 0) is 7.05 Å². The molecule has 7 rings (SSSR count). The van der Waals surface area contributed by atoms with Crippen LogP contribution >= 0.6 is 0 Å². The number of hydrogen-bond donors (Lipinski definition) is 0. The number of rotatable bonds is 6. The smallest absolute Gasteiger partial charge is 0.289 e. The maximum atomic E-state index is 13.3. The Balaban J connectivity index is 1.50. The van der Waals surface area contributed by atoms with Crippen molar-refractivity contribution < 1.29 is 9.36 Å². The molecule has 2 aromatic heterocycles. The van der Waals surface area contributed by atoms with Gasteiger partial charge in [0.05, 0.1) is 7.05 Å². The monoisotopic (exact) mass is 542 g/mol. The Morgan fingerprint density at radius 3 is 1.60 bits per heavy atom. The first-order chi connectivity index (χ1) is 20.7. The van der Waals surface area contributed by atoms with Gasteiger partial charge in [-0.05, 0) is 41.5 Å². The molecule has 0 aliphatic rings. The molecule has 42 heavy (non-hydrogen) atoms. The van der Waals surface area contributed by atoms with E-state index in [-0.39, 0.29) is 5.78 Å². The van der Waals surface area contributed by atoms with Crippen molar-refractivity contribution in [2.45, 2.75) is 0 Å². The van der Waals surface area contributed by atoms with E-state index in [1.165, 1.54) is 0 Å². The van der Waals surface area contributed by atoms with Gasteiger partial charge >= 0.3 is 5.95 Å². The highest BCUT2D eigenvalue weighted by Gasteiger charge is 2.27. The molecule has 0 radical (unpaired) electrons. The van der Waals surface area contributed by atoms with Crippen molar-refractivity contribution >= 4 is 16.8 Å². The number of nitrogens with zero attached hydrogens (tertiary/aromatic N) is 3. The van der Waals surface area contributed by atoms with Crippen LogP contribution in [-0.4, -0.2) is 15.3 Å². The number of benzene rings is 5. The predicted molar refractivity (Wildman–Crippen MR) is 168 cm³/mol. The second-order valence-electron chi connectivity index (χ2n) is 10.3. The number of ketones is 1. The summed E-state index contributed by atoms with van der Waals surface area (Å²) in [5.41, 5.74) is 9.49. The van der Waals surface area contributed by atoms with Crippen molar-refractivity contribution in [3.63, 3.8) is 0 Å². The number of aryl methyl sites for hydroxylation is 1. The van der Waals surface area contributed by atoms with E-state index in [4.69, 9.17) is 4.98 Å². The summed E-state index contributed by atoms with van der Waals surface area (Å²) in [7, 11) is 2.03. The Labute approximate surface area is 244 Å². The zero-order chi connectivity index (χ0) is 28.5. The number of carbonyl (C=O) groups is 1. The van der Waals surface area contributed by atoms with E-state index in [1.54, 1.807) is 0 Å². The van der Waals surface area contributed by atoms with Gasteiger partial charge in [0.2, 0.25) is 0 Å². The largest absolute Gasteiger partial charge is 0.405 e. The molecule has 4 nitrogen and oxygen atoms in total. The van der Waals surface area contributed by atoms with Gasteiger partial charge in [-0.25, -0.2) is 4.57 Å². The van der Waals surface area contributed by atoms with Gasteiger partial charge < -0.3 is 0 Å². The van der Waals surface area contributed by atoms with Crippen LogP contribution in [0.1, 0.15) is 15.9 Å². The number of carbonyl (C=O) groups excluding carboxylic acids is 1. The summed E-state index contributed by atoms with van der Waals surface area (Å²) >= 11 is 0. The minimum absolute atomic E-state index is 0.0143. The van der Waals surface area contributed by atoms with Gasteiger partial charge in [0.25, 0.3) is 0 Å². The molecule has 0 amide bonds. The van der Waals surface area contributed by atoms with Gasteiger partial charge in [0, 0.05) is 22.3 Å². The first-order valence-corrected chi connectivity index (χ1v) is 14.0. The summed E-state index contributed by atoms with van der Waals surface area (Å²) in [5, 5.41) is 0. The maximum absolute atomic E-state index is 13.3. The summed E-state index contributed by atoms with van der Waals surface area (Å²) < 4.78 is 4.34. The summed E-state index contributed by atoms with van der Waals surface area (Å²) in [6.45, 7) is 0. The molecule has 0 bridgehead atoms. The second-order valence-corrected chi connectivity index (χ2v) is 10.3. The lowest BCUT2D eigenvalue weighted by Gasteiger charge is -2.16. The Hall–Kier alpha value is -5.61. The van der Waals surface area contributed by atoms with Crippen molar-refractivity contribution in [2.75, 3.05) is 0 Å². The van der Waals surface area contributed by atoms with Gasteiger partial charge in [-0.2, -0.15) is 4.57 Å². The number of aromatic nitrogens is 3. The third kappa shape index (κ3) is 4.59. The number of imidazole rings is 1. The van der Waals surface area contributed by atoms with Gasteiger partial charge in [-0.1, -0.05) is 126 Å². The third-order valence-electron chi connectivity index (χ3n) is 7.67. The highest BCUT2D eigenvalue weighted by Crippen LogP contribution is 2.31. The Bertz CT molecular complexity index is 1970. The standard InChI is InChI=1S/C38H28N3O/c1-40-34-23-22-31(37(42)30-20-12-5-13-21-30)24-33(34)39-38(40)41-35(28-16-8-3-9-17-28)25-32(27-14-6-2-7-15-27)26-36(41)29-18-10-4-11-19-29/h2-26H,1H3/q+1. The van der Waals surface area contributed by atoms with E-state index in [9.17, 15) is 4.79 Å². The molecule has 0 fully saturated rings. The molecule has 0 aliphatic carbocycles. The first-order valence-electron chi connectivity index (χ1n) is 14.0. The lowest BCUT2D eigenvalue weighted by Crippen LogP contribution is -2.39. The van der Waals surface area contributed by atoms with Crippen LogP contribution in [0, 0.1) is 0 Å². The van der Waals surface area contributed by atoms with Crippen LogP contribution in [0.25, 0.3) is 50.6 Å². The summed E-state index contributed by atoms with van der Waals surface area (Å²) in [6, 6.07) is 51.0. The average Bonchev–Trinajstić information content (AvgIpc) is 3.40. The molecule has 0 aliphatic heterocycles. The van der Waals surface area contributed by atoms with E-state index in [0.29, 0.717) is 11.1 Å². The topological polar surface area (TPSA) is 38.8 Å². The molecule has 0 spiro atoms. The van der Waals surface area contributed by atoms with E-state index in [1.807, 2.05) is 73.8 Å². The fourth-order valence-corrected chi connectivity index (χ4v) is 5.54. The van der Waals surface area contributed by atoms with Crippen LogP contribution in [0.3, 0.4) is 0 Å². The molecular formula is C38H28N3O+. The molecule has 0 saturated carbocycles. The van der Waals surface area contributed by atoms with Gasteiger partial charge in [-0.3, -0.25) is 4.79 Å². The Morgan fingerprint density at radius 2 is 1.05 bits per heavy atom. The normalized spacial score (nSPS) is 11.1. The quantitative estimate of drug-likeness (QED) is 0.157. The minimum Gasteiger partial charge on any atom is -0.289 e. The molecular weight excluding hydrogens is 514 g/mol. The average molecular weight is 543 g/mol. The van der Waals surface area contributed by atoms with Crippen LogP contribution in [0.4, 0.5) is 0 Å². The predicted octanol–water partition coefficient (Wildman–Crippen LogP) is 8.08. The molecule has 5 aromatic carbocycles. The van der Waals surface area contributed by atoms with Crippen LogP contribution in [0.5, 0.6) is 0 Å². The Morgan fingerprint density at radius 1 is 0.548 bits per heavy atom. The summed E-state index contributed by atoms with van der Waals surface area (Å²) in [6.07, 6.45) is 0. The molecule has 7 aromatic rings. The van der Waals surface area contributed by atoms with E-state index >= 15 is 0 Å². The highest BCUT2D eigenvalue weighted by molar-refractivity contribution is 6.10. The van der Waals surface area contributed by atoms with Crippen molar-refractivity contribution in [1.82, 2.24) is 9.55 Å². The molecule has 0 unspecified atom stereocenters. The summed E-state index contributed by atoms with van der Waals surface area (Å²) in [4.78, 5) is 18.4. The minimum atomic E-state index is -0.0143. The summed E-state index contributed by atoms with van der Waals surface area (Å²) in [5.74, 6) is 0.756. The lowest BCUT2D eigenvalue weighted by molar-refractivity contribution is -0.581. The fraction of sp³-hybridized carbons (Fsp3) is 0.0263. The van der Waals surface area contributed by atoms with Gasteiger partial charge in [0.1, 0.15) is 16.9 Å². The van der Waals surface area contributed by atoms with Crippen molar-refractivity contribution in [3.8, 4) is 39.6 Å². The zero-order valence-electron chi connectivity index (χ0n) is 23.2. The van der Waals surface area contributed by atoms with Crippen molar-refractivity contribution in [3.05, 3.63) is 163 Å². The molecule has 0 N–H and O–H groups in total. The van der Waals surface area contributed by atoms with Crippen molar-refractivity contribution in [2.24, 2.45) is 7.05 Å². The maximum Gasteiger partial charge on any atom is 0.405 e. The number of hydrogen-bond acceptors (Lipinski definition) is 2. The van der Waals surface area contributed by atoms with Gasteiger partial charge in [-0.15, -0.1) is 0 Å². The zero-order valence-corrected chi connectivity index (χ0v) is 23.2.